The van der Waals surface area contributed by atoms with Crippen LogP contribution in [-0.2, 0) is 14.4 Å². The highest BCUT2D eigenvalue weighted by atomic mass is 35.5. The third-order valence-corrected chi connectivity index (χ3v) is 5.88. The first-order valence-corrected chi connectivity index (χ1v) is 9.69. The summed E-state index contributed by atoms with van der Waals surface area (Å²) in [5.74, 6) is -3.74. The Morgan fingerprint density at radius 3 is 2.30 bits per heavy atom. The molecule has 0 bridgehead atoms. The molecule has 3 N–H and O–H groups in total. The van der Waals surface area contributed by atoms with Gasteiger partial charge in [0.05, 0.1) is 17.9 Å². The molecule has 2 aliphatic rings. The number of anilines is 1. The molecule has 2 saturated heterocycles. The van der Waals surface area contributed by atoms with Crippen LogP contribution in [0.3, 0.4) is 0 Å². The van der Waals surface area contributed by atoms with E-state index in [1.165, 1.54) is 11.9 Å². The van der Waals surface area contributed by atoms with Crippen molar-refractivity contribution in [2.24, 2.45) is 17.6 Å². The third-order valence-electron chi connectivity index (χ3n) is 5.64. The Morgan fingerprint density at radius 2 is 1.67 bits per heavy atom. The van der Waals surface area contributed by atoms with Crippen LogP contribution in [0.2, 0.25) is 5.02 Å². The van der Waals surface area contributed by atoms with Crippen LogP contribution in [0, 0.1) is 11.8 Å². The van der Waals surface area contributed by atoms with Crippen molar-refractivity contribution >= 4 is 41.0 Å². The average Bonchev–Trinajstić information content (AvgIpc) is 3.18. The molecule has 154 valence electrons. The number of halogens is 1. The van der Waals surface area contributed by atoms with Crippen molar-refractivity contribution in [1.29, 1.82) is 0 Å². The van der Waals surface area contributed by atoms with Crippen molar-refractivity contribution in [3.05, 3.63) is 65.2 Å². The fraction of sp³-hybridized carbons (Fsp3) is 0.238. The Kier molecular flexibility index (Phi) is 4.95. The number of likely N-dealkylation sites (tertiary alicyclic amines) is 2. The predicted octanol–water partition coefficient (Wildman–Crippen LogP) is 2.01. The highest BCUT2D eigenvalue weighted by Crippen LogP contribution is 2.49. The molecule has 0 saturated carbocycles. The second kappa shape index (κ2) is 7.46. The van der Waals surface area contributed by atoms with Crippen molar-refractivity contribution in [2.75, 3.05) is 12.4 Å². The maximum absolute atomic E-state index is 13.3. The van der Waals surface area contributed by atoms with Crippen molar-refractivity contribution in [3.63, 3.8) is 0 Å². The number of nitrogens with two attached hydrogens (primary N) is 1. The highest BCUT2D eigenvalue weighted by molar-refractivity contribution is 6.30. The minimum absolute atomic E-state index is 0.411. The first-order valence-electron chi connectivity index (χ1n) is 9.32. The third kappa shape index (κ3) is 3.09. The Labute approximate surface area is 177 Å². The summed E-state index contributed by atoms with van der Waals surface area (Å²) in [4.78, 5) is 53.6. The molecule has 30 heavy (non-hydrogen) atoms. The molecule has 4 rings (SSSR count). The normalized spacial score (nSPS) is 25.4. The number of urea groups is 1. The fourth-order valence-corrected chi connectivity index (χ4v) is 4.57. The lowest BCUT2D eigenvalue weighted by molar-refractivity contribution is -0.141. The minimum Gasteiger partial charge on any atom is -0.368 e. The van der Waals surface area contributed by atoms with Gasteiger partial charge in [-0.1, -0.05) is 48.0 Å². The summed E-state index contributed by atoms with van der Waals surface area (Å²) in [6.45, 7) is 0. The zero-order valence-corrected chi connectivity index (χ0v) is 16.7. The van der Waals surface area contributed by atoms with Gasteiger partial charge in [-0.25, -0.2) is 4.79 Å². The van der Waals surface area contributed by atoms with E-state index in [-0.39, 0.29) is 0 Å². The maximum atomic E-state index is 13.3. The van der Waals surface area contributed by atoms with Gasteiger partial charge in [-0.15, -0.1) is 0 Å². The van der Waals surface area contributed by atoms with E-state index in [4.69, 9.17) is 17.3 Å². The van der Waals surface area contributed by atoms with Gasteiger partial charge < -0.3 is 16.0 Å². The highest BCUT2D eigenvalue weighted by Gasteiger charge is 2.64. The maximum Gasteiger partial charge on any atom is 0.323 e. The van der Waals surface area contributed by atoms with E-state index in [1.807, 2.05) is 0 Å². The lowest BCUT2D eigenvalue weighted by atomic mass is 9.86. The molecular weight excluding hydrogens is 408 g/mol. The molecule has 2 aromatic carbocycles. The van der Waals surface area contributed by atoms with Gasteiger partial charge >= 0.3 is 6.03 Å². The number of primary amides is 1. The molecule has 0 aliphatic carbocycles. The second-order valence-electron chi connectivity index (χ2n) is 7.34. The van der Waals surface area contributed by atoms with E-state index in [0.717, 1.165) is 4.90 Å². The Hall–Kier alpha value is -3.39. The number of nitrogens with zero attached hydrogens (tertiary/aromatic N) is 2. The van der Waals surface area contributed by atoms with Crippen LogP contribution >= 0.6 is 11.6 Å². The van der Waals surface area contributed by atoms with Gasteiger partial charge in [-0.2, -0.15) is 0 Å². The minimum atomic E-state index is -1.26. The largest absolute Gasteiger partial charge is 0.368 e. The Bertz CT molecular complexity index is 1040. The van der Waals surface area contributed by atoms with E-state index >= 15 is 0 Å². The summed E-state index contributed by atoms with van der Waals surface area (Å²) in [6.07, 6.45) is 0. The zero-order valence-electron chi connectivity index (χ0n) is 16.0. The molecule has 5 amide bonds. The van der Waals surface area contributed by atoms with Gasteiger partial charge in [0.2, 0.25) is 17.7 Å². The molecule has 4 atom stereocenters. The van der Waals surface area contributed by atoms with Gasteiger partial charge in [0.25, 0.3) is 0 Å². The summed E-state index contributed by atoms with van der Waals surface area (Å²) in [5, 5.41) is 3.12. The molecular formula is C21H19ClN4O4. The molecule has 0 spiro atoms. The predicted molar refractivity (Wildman–Crippen MR) is 109 cm³/mol. The number of hydrogen-bond donors (Lipinski definition) is 2. The Morgan fingerprint density at radius 1 is 1.00 bits per heavy atom. The standard InChI is InChI=1S/C21H19ClN4O4/c1-25-19(28)14-15(20(25)29)17(18(23)27)26(16(14)11-6-3-2-4-7-11)21(30)24-13-9-5-8-12(22)10-13/h2-10,14-17H,1H3,(H2,23,27)(H,24,30). The molecule has 2 aliphatic heterocycles. The van der Waals surface area contributed by atoms with Crippen LogP contribution in [0.25, 0.3) is 0 Å². The van der Waals surface area contributed by atoms with Crippen molar-refractivity contribution in [3.8, 4) is 0 Å². The number of nitrogens with one attached hydrogen (secondary N) is 1. The molecule has 2 aromatic rings. The SMILES string of the molecule is CN1C(=O)C2C(C1=O)C(c1ccccc1)N(C(=O)Nc1cccc(Cl)c1)C2C(N)=O. The van der Waals surface area contributed by atoms with Gasteiger partial charge in [0.15, 0.2) is 0 Å². The summed E-state index contributed by atoms with van der Waals surface area (Å²) in [6, 6.07) is 12.6. The van der Waals surface area contributed by atoms with Crippen LogP contribution in [0.1, 0.15) is 11.6 Å². The van der Waals surface area contributed by atoms with Crippen LogP contribution in [0.5, 0.6) is 0 Å². The molecule has 8 nitrogen and oxygen atoms in total. The quantitative estimate of drug-likeness (QED) is 0.731. The summed E-state index contributed by atoms with van der Waals surface area (Å²) in [5.41, 5.74) is 6.67. The van der Waals surface area contributed by atoms with Gasteiger partial charge in [0, 0.05) is 17.8 Å². The number of carbonyl (C=O) groups excluding carboxylic acids is 4. The Balaban J connectivity index is 1.80. The number of imide groups is 1. The topological polar surface area (TPSA) is 113 Å². The molecule has 0 aromatic heterocycles. The summed E-state index contributed by atoms with van der Waals surface area (Å²) < 4.78 is 0. The fourth-order valence-electron chi connectivity index (χ4n) is 4.38. The number of amides is 5. The van der Waals surface area contributed by atoms with Gasteiger partial charge in [-0.05, 0) is 23.8 Å². The van der Waals surface area contributed by atoms with E-state index in [0.29, 0.717) is 16.3 Å². The van der Waals surface area contributed by atoms with Crippen LogP contribution in [0.4, 0.5) is 10.5 Å². The van der Waals surface area contributed by atoms with Crippen molar-refractivity contribution < 1.29 is 19.2 Å². The lowest BCUT2D eigenvalue weighted by Gasteiger charge is -2.32. The van der Waals surface area contributed by atoms with Gasteiger partial charge in [-0.3, -0.25) is 19.3 Å². The van der Waals surface area contributed by atoms with E-state index in [1.54, 1.807) is 54.6 Å². The second-order valence-corrected chi connectivity index (χ2v) is 7.77. The smallest absolute Gasteiger partial charge is 0.323 e. The van der Waals surface area contributed by atoms with Crippen LogP contribution in [0.15, 0.2) is 54.6 Å². The van der Waals surface area contributed by atoms with E-state index in [2.05, 4.69) is 5.32 Å². The molecule has 2 heterocycles. The molecule has 9 heteroatoms. The lowest BCUT2D eigenvalue weighted by Crippen LogP contribution is -2.51. The molecule has 2 fully saturated rings. The van der Waals surface area contributed by atoms with Crippen LogP contribution in [-0.4, -0.2) is 46.6 Å². The molecule has 4 unspecified atom stereocenters. The van der Waals surface area contributed by atoms with Gasteiger partial charge in [0.1, 0.15) is 6.04 Å². The number of carbonyl (C=O) groups is 4. The van der Waals surface area contributed by atoms with Crippen molar-refractivity contribution in [1.82, 2.24) is 9.80 Å². The molecule has 0 radical (unpaired) electrons. The number of hydrogen-bond acceptors (Lipinski definition) is 4. The van der Waals surface area contributed by atoms with Crippen LogP contribution < -0.4 is 11.1 Å². The summed E-state index contributed by atoms with van der Waals surface area (Å²) in [7, 11) is 1.37. The van der Waals surface area contributed by atoms with E-state index in [9.17, 15) is 19.2 Å². The summed E-state index contributed by atoms with van der Waals surface area (Å²) >= 11 is 5.99. The van der Waals surface area contributed by atoms with E-state index < -0.39 is 47.7 Å². The monoisotopic (exact) mass is 426 g/mol. The number of fused-ring (bicyclic) bond motifs is 1. The number of benzene rings is 2. The zero-order chi connectivity index (χ0) is 21.6. The van der Waals surface area contributed by atoms with Crippen molar-refractivity contribution in [2.45, 2.75) is 12.1 Å². The first-order chi connectivity index (χ1) is 14.3. The number of rotatable bonds is 3. The first kappa shape index (κ1) is 19.9. The average molecular weight is 427 g/mol.